The summed E-state index contributed by atoms with van der Waals surface area (Å²) in [5.41, 5.74) is 1.97. The lowest BCUT2D eigenvalue weighted by Gasteiger charge is -2.17. The number of esters is 1. The molecule has 0 spiro atoms. The molecule has 0 amide bonds. The number of carbonyl (C=O) groups excluding carboxylic acids is 1. The van der Waals surface area contributed by atoms with Crippen LogP contribution in [0.15, 0.2) is 48.5 Å². The number of carbonyl (C=O) groups is 1. The van der Waals surface area contributed by atoms with Crippen molar-refractivity contribution in [3.8, 4) is 28.7 Å². The van der Waals surface area contributed by atoms with Gasteiger partial charge in [-0.25, -0.2) is 8.78 Å². The highest BCUT2D eigenvalue weighted by atomic mass is 19.1. The van der Waals surface area contributed by atoms with Crippen LogP contribution in [0.2, 0.25) is 0 Å². The Labute approximate surface area is 201 Å². The fourth-order valence-corrected chi connectivity index (χ4v) is 4.61. The number of ether oxygens (including phenoxy) is 5. The predicted molar refractivity (Wildman–Crippen MR) is 122 cm³/mol. The van der Waals surface area contributed by atoms with Crippen molar-refractivity contribution in [2.24, 2.45) is 0 Å². The number of halogens is 2. The minimum Gasteiger partial charge on any atom is -0.497 e. The molecule has 0 bridgehead atoms. The number of hydrogen-bond donors (Lipinski definition) is 0. The molecule has 0 aromatic heterocycles. The van der Waals surface area contributed by atoms with E-state index in [1.807, 2.05) is 6.07 Å². The second-order valence-corrected chi connectivity index (χ2v) is 8.47. The van der Waals surface area contributed by atoms with Crippen molar-refractivity contribution in [2.75, 3.05) is 20.8 Å². The molecule has 0 saturated carbocycles. The summed E-state index contributed by atoms with van der Waals surface area (Å²) >= 11 is 0. The van der Waals surface area contributed by atoms with Gasteiger partial charge < -0.3 is 23.7 Å². The summed E-state index contributed by atoms with van der Waals surface area (Å²) in [6.07, 6.45) is 0.774. The molecule has 0 fully saturated rings. The summed E-state index contributed by atoms with van der Waals surface area (Å²) < 4.78 is 56.8. The van der Waals surface area contributed by atoms with E-state index in [4.69, 9.17) is 23.7 Å². The van der Waals surface area contributed by atoms with Gasteiger partial charge in [-0.15, -0.1) is 0 Å². The Hall–Kier alpha value is -3.81. The third-order valence-electron chi connectivity index (χ3n) is 6.38. The van der Waals surface area contributed by atoms with E-state index < -0.39 is 17.7 Å². The Balaban J connectivity index is 1.36. The van der Waals surface area contributed by atoms with Gasteiger partial charge in [-0.3, -0.25) is 4.79 Å². The van der Waals surface area contributed by atoms with Gasteiger partial charge in [-0.05, 0) is 43.2 Å². The average Bonchev–Trinajstić information content (AvgIpc) is 3.46. The van der Waals surface area contributed by atoms with E-state index in [-0.39, 0.29) is 24.1 Å². The van der Waals surface area contributed by atoms with E-state index in [2.05, 4.69) is 0 Å². The highest BCUT2D eigenvalue weighted by Crippen LogP contribution is 2.44. The van der Waals surface area contributed by atoms with Crippen LogP contribution >= 0.6 is 0 Å². The minimum atomic E-state index is -0.572. The van der Waals surface area contributed by atoms with E-state index in [0.717, 1.165) is 5.56 Å². The van der Waals surface area contributed by atoms with Crippen LogP contribution in [0.25, 0.3) is 0 Å². The number of benzene rings is 3. The standard InChI is InChI=1S/C27H24F2O6/c1-31-16-4-8-23(21(29)12-16)35-22-10-7-20(28)27-19(22)6-9-24(27)34-17-3-5-18-15(11-26(30)32-2)14-33-25(18)13-17/h3-5,7-8,10,12-13,15,24H,6,9,11,14H2,1-2H3/t15?,24-/m1/s1. The van der Waals surface area contributed by atoms with Crippen molar-refractivity contribution in [1.29, 1.82) is 0 Å². The fourth-order valence-electron chi connectivity index (χ4n) is 4.61. The SMILES string of the molecule is COC(=O)CC1COc2cc(O[C@@H]3CCc4c(Oc5ccc(OC)cc5F)ccc(F)c43)ccc21. The Kier molecular flexibility index (Phi) is 6.19. The summed E-state index contributed by atoms with van der Waals surface area (Å²) in [5.74, 6) is 0.627. The molecule has 6 nitrogen and oxygen atoms in total. The first-order chi connectivity index (χ1) is 17.0. The summed E-state index contributed by atoms with van der Waals surface area (Å²) in [7, 11) is 2.81. The number of hydrogen-bond acceptors (Lipinski definition) is 6. The molecular weight excluding hydrogens is 458 g/mol. The third-order valence-corrected chi connectivity index (χ3v) is 6.38. The summed E-state index contributed by atoms with van der Waals surface area (Å²) in [5, 5.41) is 0. The maximum Gasteiger partial charge on any atom is 0.306 e. The van der Waals surface area contributed by atoms with Crippen LogP contribution in [0.3, 0.4) is 0 Å². The normalized spacial score (nSPS) is 17.8. The van der Waals surface area contributed by atoms with Gasteiger partial charge in [0.05, 0.1) is 27.2 Å². The summed E-state index contributed by atoms with van der Waals surface area (Å²) in [6, 6.07) is 12.5. The van der Waals surface area contributed by atoms with E-state index >= 15 is 0 Å². The molecule has 1 heterocycles. The Morgan fingerprint density at radius 3 is 2.57 bits per heavy atom. The molecule has 2 aliphatic rings. The number of fused-ring (bicyclic) bond motifs is 2. The predicted octanol–water partition coefficient (Wildman–Crippen LogP) is 5.87. The largest absolute Gasteiger partial charge is 0.497 e. The maximum atomic E-state index is 14.9. The zero-order valence-corrected chi connectivity index (χ0v) is 19.3. The quantitative estimate of drug-likeness (QED) is 0.393. The van der Waals surface area contributed by atoms with Crippen molar-refractivity contribution in [3.63, 3.8) is 0 Å². The summed E-state index contributed by atoms with van der Waals surface area (Å²) in [6.45, 7) is 0.386. The molecule has 1 aliphatic heterocycles. The van der Waals surface area contributed by atoms with Crippen LogP contribution in [0, 0.1) is 11.6 Å². The van der Waals surface area contributed by atoms with Crippen LogP contribution in [0.4, 0.5) is 8.78 Å². The maximum absolute atomic E-state index is 14.9. The van der Waals surface area contributed by atoms with Crippen molar-refractivity contribution < 1.29 is 37.3 Å². The van der Waals surface area contributed by atoms with Gasteiger partial charge in [-0.2, -0.15) is 0 Å². The fraction of sp³-hybridized carbons (Fsp3) is 0.296. The van der Waals surface area contributed by atoms with Crippen molar-refractivity contribution in [1.82, 2.24) is 0 Å². The molecule has 3 aromatic carbocycles. The van der Waals surface area contributed by atoms with Gasteiger partial charge in [0.1, 0.15) is 34.9 Å². The van der Waals surface area contributed by atoms with Crippen molar-refractivity contribution in [2.45, 2.75) is 31.3 Å². The van der Waals surface area contributed by atoms with Crippen LogP contribution in [0.5, 0.6) is 28.7 Å². The molecule has 3 aromatic rings. The lowest BCUT2D eigenvalue weighted by Crippen LogP contribution is -2.09. The monoisotopic (exact) mass is 482 g/mol. The summed E-state index contributed by atoms with van der Waals surface area (Å²) in [4.78, 5) is 11.6. The third kappa shape index (κ3) is 4.48. The van der Waals surface area contributed by atoms with Gasteiger partial charge in [0.2, 0.25) is 0 Å². The first-order valence-electron chi connectivity index (χ1n) is 11.3. The smallest absolute Gasteiger partial charge is 0.306 e. The number of rotatable bonds is 7. The van der Waals surface area contributed by atoms with Gasteiger partial charge >= 0.3 is 5.97 Å². The Morgan fingerprint density at radius 1 is 1.00 bits per heavy atom. The van der Waals surface area contributed by atoms with Crippen molar-refractivity contribution >= 4 is 5.97 Å². The Bertz CT molecular complexity index is 1270. The van der Waals surface area contributed by atoms with Crippen molar-refractivity contribution in [3.05, 3.63) is 76.9 Å². The van der Waals surface area contributed by atoms with Gasteiger partial charge in [-0.1, -0.05) is 6.07 Å². The van der Waals surface area contributed by atoms with E-state index in [9.17, 15) is 13.6 Å². The molecule has 2 atom stereocenters. The van der Waals surface area contributed by atoms with Crippen LogP contribution in [-0.2, 0) is 16.0 Å². The first-order valence-corrected chi connectivity index (χ1v) is 11.3. The molecule has 35 heavy (non-hydrogen) atoms. The first kappa shape index (κ1) is 23.0. The molecule has 0 N–H and O–H groups in total. The van der Waals surface area contributed by atoms with Gasteiger partial charge in [0.15, 0.2) is 11.6 Å². The van der Waals surface area contributed by atoms with Gasteiger partial charge in [0.25, 0.3) is 0 Å². The zero-order valence-electron chi connectivity index (χ0n) is 19.3. The molecule has 1 unspecified atom stereocenters. The topological polar surface area (TPSA) is 63.2 Å². The lowest BCUT2D eigenvalue weighted by atomic mass is 9.98. The average molecular weight is 482 g/mol. The van der Waals surface area contributed by atoms with Gasteiger partial charge in [0, 0.05) is 34.7 Å². The zero-order chi connectivity index (χ0) is 24.5. The molecule has 0 saturated heterocycles. The molecule has 182 valence electrons. The minimum absolute atomic E-state index is 0.0289. The van der Waals surface area contributed by atoms with Crippen LogP contribution < -0.4 is 18.9 Å². The second kappa shape index (κ2) is 9.44. The molecule has 1 aliphatic carbocycles. The Morgan fingerprint density at radius 2 is 1.80 bits per heavy atom. The van der Waals surface area contributed by atoms with E-state index in [1.54, 1.807) is 18.2 Å². The van der Waals surface area contributed by atoms with Crippen LogP contribution in [-0.4, -0.2) is 26.8 Å². The van der Waals surface area contributed by atoms with E-state index in [1.165, 1.54) is 38.5 Å². The highest BCUT2D eigenvalue weighted by molar-refractivity contribution is 5.71. The molecule has 0 radical (unpaired) electrons. The lowest BCUT2D eigenvalue weighted by molar-refractivity contribution is -0.141. The van der Waals surface area contributed by atoms with E-state index in [0.29, 0.717) is 53.6 Å². The molecule has 5 rings (SSSR count). The second-order valence-electron chi connectivity index (χ2n) is 8.47. The molecule has 8 heteroatoms. The highest BCUT2D eigenvalue weighted by Gasteiger charge is 2.32. The van der Waals surface area contributed by atoms with Crippen LogP contribution in [0.1, 0.15) is 41.6 Å². The number of methoxy groups -OCH3 is 2. The molecular formula is C27H24F2O6.